The monoisotopic (exact) mass is 226 g/mol. The molecule has 0 amide bonds. The normalized spacial score (nSPS) is 32.3. The van der Waals surface area contributed by atoms with Crippen molar-refractivity contribution in [3.05, 3.63) is 0 Å². The van der Waals surface area contributed by atoms with E-state index in [4.69, 9.17) is 9.47 Å². The van der Waals surface area contributed by atoms with Crippen LogP contribution in [0.3, 0.4) is 0 Å². The van der Waals surface area contributed by atoms with E-state index < -0.39 is 0 Å². The fourth-order valence-corrected chi connectivity index (χ4v) is 3.07. The molecule has 0 aromatic carbocycles. The lowest BCUT2D eigenvalue weighted by Crippen LogP contribution is -2.24. The molecular weight excluding hydrogens is 204 g/mol. The molecule has 3 heteroatoms. The zero-order valence-electron chi connectivity index (χ0n) is 10.3. The van der Waals surface area contributed by atoms with E-state index in [0.717, 1.165) is 12.3 Å². The zero-order chi connectivity index (χ0) is 11.5. The Kier molecular flexibility index (Phi) is 3.85. The Morgan fingerprint density at radius 1 is 1.25 bits per heavy atom. The molecule has 16 heavy (non-hydrogen) atoms. The van der Waals surface area contributed by atoms with Crippen molar-refractivity contribution >= 4 is 5.97 Å². The van der Waals surface area contributed by atoms with Crippen molar-refractivity contribution in [1.82, 2.24) is 0 Å². The van der Waals surface area contributed by atoms with Crippen molar-refractivity contribution < 1.29 is 14.3 Å². The summed E-state index contributed by atoms with van der Waals surface area (Å²) in [5.41, 5.74) is 0. The second-order valence-corrected chi connectivity index (χ2v) is 5.37. The summed E-state index contributed by atoms with van der Waals surface area (Å²) in [7, 11) is 0. The molecule has 3 nitrogen and oxygen atoms in total. The Hall–Kier alpha value is -0.570. The van der Waals surface area contributed by atoms with Crippen molar-refractivity contribution in [3.63, 3.8) is 0 Å². The SMILES string of the molecule is CC(C)OCCOC(=O)[C@H]1C[C@H]2CC[C@H]1C2. The van der Waals surface area contributed by atoms with Gasteiger partial charge in [0.15, 0.2) is 0 Å². The van der Waals surface area contributed by atoms with E-state index >= 15 is 0 Å². The van der Waals surface area contributed by atoms with Crippen molar-refractivity contribution in [2.45, 2.75) is 45.6 Å². The summed E-state index contributed by atoms with van der Waals surface area (Å²) in [4.78, 5) is 11.8. The highest BCUT2D eigenvalue weighted by Gasteiger charge is 2.43. The fraction of sp³-hybridized carbons (Fsp3) is 0.923. The molecule has 0 heterocycles. The van der Waals surface area contributed by atoms with Crippen LogP contribution in [0.5, 0.6) is 0 Å². The first kappa shape index (κ1) is 11.9. The number of hydrogen-bond acceptors (Lipinski definition) is 3. The van der Waals surface area contributed by atoms with Gasteiger partial charge in [0.05, 0.1) is 18.6 Å². The molecule has 0 aromatic heterocycles. The van der Waals surface area contributed by atoms with Gasteiger partial charge in [-0.2, -0.15) is 0 Å². The Labute approximate surface area is 97.5 Å². The predicted molar refractivity (Wildman–Crippen MR) is 61.0 cm³/mol. The van der Waals surface area contributed by atoms with E-state index in [1.807, 2.05) is 13.8 Å². The van der Waals surface area contributed by atoms with Gasteiger partial charge in [0, 0.05) is 0 Å². The number of carbonyl (C=O) groups excluding carboxylic acids is 1. The molecule has 2 aliphatic carbocycles. The first-order valence-corrected chi connectivity index (χ1v) is 6.45. The Morgan fingerprint density at radius 2 is 2.06 bits per heavy atom. The molecule has 0 spiro atoms. The lowest BCUT2D eigenvalue weighted by atomic mass is 9.89. The molecule has 2 fully saturated rings. The van der Waals surface area contributed by atoms with Crippen molar-refractivity contribution in [3.8, 4) is 0 Å². The number of ether oxygens (including phenoxy) is 2. The fourth-order valence-electron chi connectivity index (χ4n) is 3.07. The van der Waals surface area contributed by atoms with Crippen molar-refractivity contribution in [2.24, 2.45) is 17.8 Å². The molecule has 2 aliphatic rings. The zero-order valence-corrected chi connectivity index (χ0v) is 10.3. The van der Waals surface area contributed by atoms with Crippen LogP contribution in [0.4, 0.5) is 0 Å². The minimum Gasteiger partial charge on any atom is -0.463 e. The molecule has 3 atom stereocenters. The molecule has 0 aromatic rings. The Balaban J connectivity index is 1.65. The molecule has 92 valence electrons. The number of esters is 1. The highest BCUT2D eigenvalue weighted by molar-refractivity contribution is 5.73. The molecule has 0 unspecified atom stereocenters. The molecular formula is C13H22O3. The first-order valence-electron chi connectivity index (χ1n) is 6.45. The van der Waals surface area contributed by atoms with Crippen molar-refractivity contribution in [2.75, 3.05) is 13.2 Å². The van der Waals surface area contributed by atoms with Crippen LogP contribution >= 0.6 is 0 Å². The largest absolute Gasteiger partial charge is 0.463 e. The van der Waals surface area contributed by atoms with Crippen LogP contribution < -0.4 is 0 Å². The highest BCUT2D eigenvalue weighted by atomic mass is 16.6. The van der Waals surface area contributed by atoms with E-state index in [-0.39, 0.29) is 18.0 Å². The third kappa shape index (κ3) is 2.76. The molecule has 2 saturated carbocycles. The van der Waals surface area contributed by atoms with Gasteiger partial charge >= 0.3 is 5.97 Å². The van der Waals surface area contributed by atoms with E-state index in [1.165, 1.54) is 19.3 Å². The van der Waals surface area contributed by atoms with Gasteiger partial charge < -0.3 is 9.47 Å². The smallest absolute Gasteiger partial charge is 0.309 e. The number of fused-ring (bicyclic) bond motifs is 2. The van der Waals surface area contributed by atoms with Crippen LogP contribution in [0.1, 0.15) is 39.5 Å². The van der Waals surface area contributed by atoms with Gasteiger partial charge in [-0.15, -0.1) is 0 Å². The average molecular weight is 226 g/mol. The van der Waals surface area contributed by atoms with Gasteiger partial charge in [-0.1, -0.05) is 6.42 Å². The van der Waals surface area contributed by atoms with E-state index in [9.17, 15) is 4.79 Å². The van der Waals surface area contributed by atoms with Gasteiger partial charge in [0.25, 0.3) is 0 Å². The second-order valence-electron chi connectivity index (χ2n) is 5.37. The summed E-state index contributed by atoms with van der Waals surface area (Å²) >= 11 is 0. The minimum absolute atomic E-state index is 0.0135. The molecule has 0 aliphatic heterocycles. The number of hydrogen-bond donors (Lipinski definition) is 0. The van der Waals surface area contributed by atoms with Crippen LogP contribution in [0, 0.1) is 17.8 Å². The summed E-state index contributed by atoms with van der Waals surface area (Å²) in [6, 6.07) is 0. The van der Waals surface area contributed by atoms with E-state index in [2.05, 4.69) is 0 Å². The van der Waals surface area contributed by atoms with Gasteiger partial charge in [0.1, 0.15) is 6.61 Å². The quantitative estimate of drug-likeness (QED) is 0.533. The predicted octanol–water partition coefficient (Wildman–Crippen LogP) is 2.39. The number of rotatable bonds is 5. The lowest BCUT2D eigenvalue weighted by Gasteiger charge is -2.20. The maximum absolute atomic E-state index is 11.8. The molecule has 2 bridgehead atoms. The summed E-state index contributed by atoms with van der Waals surface area (Å²) in [6.07, 6.45) is 5.08. The molecule has 0 N–H and O–H groups in total. The summed E-state index contributed by atoms with van der Waals surface area (Å²) in [5.74, 6) is 1.62. The summed E-state index contributed by atoms with van der Waals surface area (Å²) < 4.78 is 10.6. The lowest BCUT2D eigenvalue weighted by molar-refractivity contribution is -0.152. The molecule has 2 rings (SSSR count). The van der Waals surface area contributed by atoms with Gasteiger partial charge in [0.2, 0.25) is 0 Å². The maximum Gasteiger partial charge on any atom is 0.309 e. The third-order valence-corrected chi connectivity index (χ3v) is 3.82. The number of carbonyl (C=O) groups is 1. The molecule has 0 saturated heterocycles. The Bertz CT molecular complexity index is 250. The van der Waals surface area contributed by atoms with Crippen LogP contribution in [0.15, 0.2) is 0 Å². The van der Waals surface area contributed by atoms with Crippen LogP contribution in [-0.4, -0.2) is 25.3 Å². The van der Waals surface area contributed by atoms with Crippen LogP contribution in [0.2, 0.25) is 0 Å². The molecule has 0 radical (unpaired) electrons. The van der Waals surface area contributed by atoms with Crippen LogP contribution in [-0.2, 0) is 14.3 Å². The van der Waals surface area contributed by atoms with Gasteiger partial charge in [-0.3, -0.25) is 4.79 Å². The van der Waals surface area contributed by atoms with Gasteiger partial charge in [-0.05, 0) is 44.9 Å². The van der Waals surface area contributed by atoms with E-state index in [0.29, 0.717) is 19.1 Å². The standard InChI is InChI=1S/C13H22O3/c1-9(2)15-5-6-16-13(14)12-8-10-3-4-11(12)7-10/h9-12H,3-8H2,1-2H3/t10-,11-,12-/m0/s1. The second kappa shape index (κ2) is 5.17. The summed E-state index contributed by atoms with van der Waals surface area (Å²) in [5, 5.41) is 0. The first-order chi connectivity index (χ1) is 7.66. The maximum atomic E-state index is 11.8. The van der Waals surface area contributed by atoms with Gasteiger partial charge in [-0.25, -0.2) is 0 Å². The third-order valence-electron chi connectivity index (χ3n) is 3.82. The highest BCUT2D eigenvalue weighted by Crippen LogP contribution is 2.48. The van der Waals surface area contributed by atoms with E-state index in [1.54, 1.807) is 0 Å². The van der Waals surface area contributed by atoms with Crippen LogP contribution in [0.25, 0.3) is 0 Å². The minimum atomic E-state index is 0.0135. The Morgan fingerprint density at radius 3 is 2.62 bits per heavy atom. The van der Waals surface area contributed by atoms with Crippen molar-refractivity contribution in [1.29, 1.82) is 0 Å². The average Bonchev–Trinajstić information content (AvgIpc) is 2.85. The summed E-state index contributed by atoms with van der Waals surface area (Å²) in [6.45, 7) is 4.89. The topological polar surface area (TPSA) is 35.5 Å².